The Bertz CT molecular complexity index is 613. The van der Waals surface area contributed by atoms with Crippen LogP contribution in [0.3, 0.4) is 0 Å². The van der Waals surface area contributed by atoms with Gasteiger partial charge in [-0.25, -0.2) is 13.1 Å². The Hall–Kier alpha value is -0.430. The van der Waals surface area contributed by atoms with Crippen molar-refractivity contribution in [1.82, 2.24) is 4.72 Å². The standard InChI is InChI=1S/C14H18BrNO3S/c1-9-2-5-11(15)8-13(9)20(17,18)16-12-6-7-19-14(12)10-3-4-10/h2,5,8,10,12,14,16H,3-4,6-7H2,1H3. The van der Waals surface area contributed by atoms with Crippen LogP contribution in [0.25, 0.3) is 0 Å². The van der Waals surface area contributed by atoms with E-state index in [0.29, 0.717) is 17.4 Å². The summed E-state index contributed by atoms with van der Waals surface area (Å²) in [4.78, 5) is 0.341. The Morgan fingerprint density at radius 2 is 2.05 bits per heavy atom. The molecule has 3 rings (SSSR count). The van der Waals surface area contributed by atoms with Crippen molar-refractivity contribution in [3.8, 4) is 0 Å². The quantitative estimate of drug-likeness (QED) is 0.898. The van der Waals surface area contributed by atoms with Gasteiger partial charge in [-0.15, -0.1) is 0 Å². The van der Waals surface area contributed by atoms with Crippen molar-refractivity contribution in [1.29, 1.82) is 0 Å². The molecule has 1 saturated heterocycles. The van der Waals surface area contributed by atoms with Gasteiger partial charge in [-0.05, 0) is 49.8 Å². The molecule has 2 unspecified atom stereocenters. The fourth-order valence-corrected chi connectivity index (χ4v) is 4.82. The molecule has 2 fully saturated rings. The first-order chi connectivity index (χ1) is 9.47. The molecule has 4 nitrogen and oxygen atoms in total. The lowest BCUT2D eigenvalue weighted by Gasteiger charge is -2.20. The highest BCUT2D eigenvalue weighted by molar-refractivity contribution is 9.10. The van der Waals surface area contributed by atoms with Crippen LogP contribution in [0.2, 0.25) is 0 Å². The van der Waals surface area contributed by atoms with Crippen molar-refractivity contribution in [3.05, 3.63) is 28.2 Å². The molecule has 1 saturated carbocycles. The zero-order valence-electron chi connectivity index (χ0n) is 11.3. The van der Waals surface area contributed by atoms with Crippen molar-refractivity contribution < 1.29 is 13.2 Å². The molecule has 0 spiro atoms. The largest absolute Gasteiger partial charge is 0.376 e. The van der Waals surface area contributed by atoms with Gasteiger partial charge in [0.15, 0.2) is 0 Å². The molecule has 110 valence electrons. The van der Waals surface area contributed by atoms with Crippen LogP contribution >= 0.6 is 15.9 Å². The number of sulfonamides is 1. The predicted molar refractivity (Wildman–Crippen MR) is 80.1 cm³/mol. The number of rotatable bonds is 4. The minimum absolute atomic E-state index is 0.0530. The summed E-state index contributed by atoms with van der Waals surface area (Å²) >= 11 is 3.33. The minimum atomic E-state index is -3.50. The fraction of sp³-hybridized carbons (Fsp3) is 0.571. The summed E-state index contributed by atoms with van der Waals surface area (Å²) in [7, 11) is -3.50. The highest BCUT2D eigenvalue weighted by Gasteiger charge is 2.42. The molecule has 2 aliphatic rings. The van der Waals surface area contributed by atoms with Crippen LogP contribution in [0.1, 0.15) is 24.8 Å². The van der Waals surface area contributed by atoms with E-state index in [-0.39, 0.29) is 12.1 Å². The van der Waals surface area contributed by atoms with Gasteiger partial charge >= 0.3 is 0 Å². The predicted octanol–water partition coefficient (Wildman–Crippen LogP) is 2.60. The Labute approximate surface area is 128 Å². The zero-order chi connectivity index (χ0) is 14.3. The van der Waals surface area contributed by atoms with Gasteiger partial charge < -0.3 is 4.74 Å². The Balaban J connectivity index is 1.83. The lowest BCUT2D eigenvalue weighted by atomic mass is 10.1. The smallest absolute Gasteiger partial charge is 0.241 e. The molecule has 1 N–H and O–H groups in total. The van der Waals surface area contributed by atoms with E-state index in [0.717, 1.165) is 29.3 Å². The fourth-order valence-electron chi connectivity index (χ4n) is 2.75. The molecule has 1 aromatic carbocycles. The van der Waals surface area contributed by atoms with E-state index in [1.54, 1.807) is 6.07 Å². The molecule has 20 heavy (non-hydrogen) atoms. The molecular weight excluding hydrogens is 342 g/mol. The van der Waals surface area contributed by atoms with Crippen LogP contribution in [0, 0.1) is 12.8 Å². The van der Waals surface area contributed by atoms with Crippen LogP contribution < -0.4 is 4.72 Å². The van der Waals surface area contributed by atoms with Gasteiger partial charge in [0.2, 0.25) is 10.0 Å². The monoisotopic (exact) mass is 359 g/mol. The van der Waals surface area contributed by atoms with Gasteiger partial charge in [-0.1, -0.05) is 22.0 Å². The van der Waals surface area contributed by atoms with Crippen molar-refractivity contribution in [2.45, 2.75) is 43.2 Å². The molecule has 0 bridgehead atoms. The second-order valence-electron chi connectivity index (χ2n) is 5.60. The van der Waals surface area contributed by atoms with Gasteiger partial charge in [0.25, 0.3) is 0 Å². The van der Waals surface area contributed by atoms with Gasteiger partial charge in [0.1, 0.15) is 0 Å². The van der Waals surface area contributed by atoms with Gasteiger partial charge in [0.05, 0.1) is 17.0 Å². The number of ether oxygens (including phenoxy) is 1. The first-order valence-corrected chi connectivity index (χ1v) is 9.15. The van der Waals surface area contributed by atoms with Gasteiger partial charge in [-0.3, -0.25) is 0 Å². The summed E-state index contributed by atoms with van der Waals surface area (Å²) in [6.07, 6.45) is 3.11. The maximum absolute atomic E-state index is 12.6. The molecule has 1 aliphatic carbocycles. The number of benzene rings is 1. The first-order valence-electron chi connectivity index (χ1n) is 6.87. The van der Waals surface area contributed by atoms with Crippen molar-refractivity contribution in [3.63, 3.8) is 0 Å². The van der Waals surface area contributed by atoms with E-state index >= 15 is 0 Å². The number of nitrogens with one attached hydrogen (secondary N) is 1. The average Bonchev–Trinajstić information content (AvgIpc) is 3.13. The molecule has 1 aliphatic heterocycles. The lowest BCUT2D eigenvalue weighted by Crippen LogP contribution is -2.41. The first kappa shape index (κ1) is 14.5. The van der Waals surface area contributed by atoms with E-state index in [2.05, 4.69) is 20.7 Å². The SMILES string of the molecule is Cc1ccc(Br)cc1S(=O)(=O)NC1CCOC1C1CC1. The topological polar surface area (TPSA) is 55.4 Å². The van der Waals surface area contributed by atoms with Crippen LogP contribution in [0.4, 0.5) is 0 Å². The molecule has 0 amide bonds. The van der Waals surface area contributed by atoms with Crippen molar-refractivity contribution >= 4 is 26.0 Å². The minimum Gasteiger partial charge on any atom is -0.376 e. The van der Waals surface area contributed by atoms with E-state index in [1.807, 2.05) is 19.1 Å². The highest BCUT2D eigenvalue weighted by Crippen LogP contribution is 2.39. The average molecular weight is 360 g/mol. The Morgan fingerprint density at radius 3 is 2.75 bits per heavy atom. The number of hydrogen-bond acceptors (Lipinski definition) is 3. The zero-order valence-corrected chi connectivity index (χ0v) is 13.7. The maximum Gasteiger partial charge on any atom is 0.241 e. The van der Waals surface area contributed by atoms with Crippen LogP contribution in [0.15, 0.2) is 27.6 Å². The molecule has 2 atom stereocenters. The number of halogens is 1. The highest BCUT2D eigenvalue weighted by atomic mass is 79.9. The molecular formula is C14H18BrNO3S. The molecule has 1 aromatic rings. The number of aryl methyl sites for hydroxylation is 1. The molecule has 6 heteroatoms. The van der Waals surface area contributed by atoms with E-state index in [9.17, 15) is 8.42 Å². The molecule has 0 radical (unpaired) electrons. The summed E-state index contributed by atoms with van der Waals surface area (Å²) in [5, 5.41) is 0. The Morgan fingerprint density at radius 1 is 1.30 bits per heavy atom. The van der Waals surface area contributed by atoms with Crippen LogP contribution in [-0.2, 0) is 14.8 Å². The summed E-state index contributed by atoms with van der Waals surface area (Å²) in [6, 6.07) is 5.22. The van der Waals surface area contributed by atoms with E-state index < -0.39 is 10.0 Å². The van der Waals surface area contributed by atoms with E-state index in [1.165, 1.54) is 0 Å². The second kappa shape index (κ2) is 5.40. The summed E-state index contributed by atoms with van der Waals surface area (Å²) < 4.78 is 34.4. The van der Waals surface area contributed by atoms with Gasteiger partial charge in [0, 0.05) is 11.1 Å². The third-order valence-corrected chi connectivity index (χ3v) is 6.09. The lowest BCUT2D eigenvalue weighted by molar-refractivity contribution is 0.0848. The van der Waals surface area contributed by atoms with Crippen molar-refractivity contribution in [2.24, 2.45) is 5.92 Å². The molecule has 1 heterocycles. The summed E-state index contributed by atoms with van der Waals surface area (Å²) in [5.41, 5.74) is 0.752. The molecule has 0 aromatic heterocycles. The number of hydrogen-bond donors (Lipinski definition) is 1. The second-order valence-corrected chi connectivity index (χ2v) is 8.20. The summed E-state index contributed by atoms with van der Waals surface area (Å²) in [5.74, 6) is 0.536. The Kier molecular flexibility index (Phi) is 3.92. The van der Waals surface area contributed by atoms with E-state index in [4.69, 9.17) is 4.74 Å². The van der Waals surface area contributed by atoms with Crippen LogP contribution in [-0.4, -0.2) is 27.2 Å². The normalized spacial score (nSPS) is 26.9. The maximum atomic E-state index is 12.6. The van der Waals surface area contributed by atoms with Crippen molar-refractivity contribution in [2.75, 3.05) is 6.61 Å². The van der Waals surface area contributed by atoms with Gasteiger partial charge in [-0.2, -0.15) is 0 Å². The third kappa shape index (κ3) is 2.93. The third-order valence-electron chi connectivity index (χ3n) is 3.97. The summed E-state index contributed by atoms with van der Waals surface area (Å²) in [6.45, 7) is 2.45. The van der Waals surface area contributed by atoms with Crippen LogP contribution in [0.5, 0.6) is 0 Å².